The number of carbonyl (C=O) groups excluding carboxylic acids is 1. The number of carbonyl (C=O) groups is 1. The number of likely N-dealkylation sites (N-methyl/N-ethyl adjacent to an activating group) is 1. The highest BCUT2D eigenvalue weighted by Crippen LogP contribution is 2.34. The van der Waals surface area contributed by atoms with Gasteiger partial charge in [-0.2, -0.15) is 0 Å². The standard InChI is InChI=1S/C15H24N2O3/c1-5-9-17(10-14(19)16-3)12-7-6-8-13(20-4)15(12)11(2)18/h6-8,11,18H,5,9-10H2,1-4H3,(H,16,19)/t11-/m1/s1. The fraction of sp³-hybridized carbons (Fsp3) is 0.533. The molecular weight excluding hydrogens is 256 g/mol. The number of nitrogens with one attached hydrogen (secondary N) is 1. The lowest BCUT2D eigenvalue weighted by Crippen LogP contribution is -2.36. The number of ether oxygens (including phenoxy) is 1. The van der Waals surface area contributed by atoms with Crippen LogP contribution in [0.15, 0.2) is 18.2 Å². The molecule has 0 saturated heterocycles. The highest BCUT2D eigenvalue weighted by Gasteiger charge is 2.19. The first-order chi connectivity index (χ1) is 9.54. The first kappa shape index (κ1) is 16.3. The Morgan fingerprint density at radius 1 is 1.50 bits per heavy atom. The van der Waals surface area contributed by atoms with E-state index < -0.39 is 6.10 Å². The third-order valence-electron chi connectivity index (χ3n) is 3.13. The molecule has 0 aliphatic rings. The van der Waals surface area contributed by atoms with Crippen molar-refractivity contribution in [3.8, 4) is 5.75 Å². The van der Waals surface area contributed by atoms with E-state index in [0.29, 0.717) is 11.3 Å². The van der Waals surface area contributed by atoms with Crippen molar-refractivity contribution in [3.63, 3.8) is 0 Å². The predicted molar refractivity (Wildman–Crippen MR) is 80.2 cm³/mol. The van der Waals surface area contributed by atoms with Crippen LogP contribution in [0.5, 0.6) is 5.75 Å². The summed E-state index contributed by atoms with van der Waals surface area (Å²) >= 11 is 0. The molecule has 0 heterocycles. The number of benzene rings is 1. The molecule has 0 unspecified atom stereocenters. The Hall–Kier alpha value is -1.75. The number of aliphatic hydroxyl groups excluding tert-OH is 1. The molecule has 5 nitrogen and oxygen atoms in total. The normalized spacial score (nSPS) is 11.8. The van der Waals surface area contributed by atoms with E-state index in [0.717, 1.165) is 18.7 Å². The third-order valence-corrected chi connectivity index (χ3v) is 3.13. The summed E-state index contributed by atoms with van der Waals surface area (Å²) in [7, 11) is 3.20. The Morgan fingerprint density at radius 2 is 2.20 bits per heavy atom. The molecule has 0 saturated carbocycles. The Bertz CT molecular complexity index is 447. The van der Waals surface area contributed by atoms with Crippen LogP contribution in [-0.2, 0) is 4.79 Å². The minimum absolute atomic E-state index is 0.0576. The summed E-state index contributed by atoms with van der Waals surface area (Å²) in [6, 6.07) is 5.59. The van der Waals surface area contributed by atoms with Crippen molar-refractivity contribution in [2.75, 3.05) is 32.1 Å². The molecule has 1 atom stereocenters. The van der Waals surface area contributed by atoms with E-state index in [-0.39, 0.29) is 12.5 Å². The molecule has 1 aromatic carbocycles. The van der Waals surface area contributed by atoms with E-state index in [1.54, 1.807) is 21.1 Å². The van der Waals surface area contributed by atoms with Crippen molar-refractivity contribution in [1.82, 2.24) is 5.32 Å². The van der Waals surface area contributed by atoms with E-state index in [1.807, 2.05) is 23.1 Å². The fourth-order valence-corrected chi connectivity index (χ4v) is 2.21. The third kappa shape index (κ3) is 3.87. The summed E-state index contributed by atoms with van der Waals surface area (Å²) in [4.78, 5) is 13.6. The SMILES string of the molecule is CCCN(CC(=O)NC)c1cccc(OC)c1[C@@H](C)O. The largest absolute Gasteiger partial charge is 0.496 e. The van der Waals surface area contributed by atoms with Crippen LogP contribution < -0.4 is 15.0 Å². The van der Waals surface area contributed by atoms with E-state index in [4.69, 9.17) is 4.74 Å². The molecule has 0 aliphatic carbocycles. The summed E-state index contributed by atoms with van der Waals surface area (Å²) in [6.45, 7) is 4.75. The van der Waals surface area contributed by atoms with Gasteiger partial charge in [0, 0.05) is 24.8 Å². The van der Waals surface area contributed by atoms with Gasteiger partial charge >= 0.3 is 0 Å². The van der Waals surface area contributed by atoms with E-state index >= 15 is 0 Å². The molecule has 0 aliphatic heterocycles. The van der Waals surface area contributed by atoms with Crippen molar-refractivity contribution in [2.45, 2.75) is 26.4 Å². The van der Waals surface area contributed by atoms with Crippen molar-refractivity contribution < 1.29 is 14.6 Å². The molecule has 0 spiro atoms. The van der Waals surface area contributed by atoms with Crippen LogP contribution >= 0.6 is 0 Å². The Labute approximate surface area is 120 Å². The van der Waals surface area contributed by atoms with Crippen LogP contribution in [0, 0.1) is 0 Å². The van der Waals surface area contributed by atoms with Crippen LogP contribution in [0.2, 0.25) is 0 Å². The van der Waals surface area contributed by atoms with Crippen molar-refractivity contribution >= 4 is 11.6 Å². The highest BCUT2D eigenvalue weighted by molar-refractivity contribution is 5.81. The van der Waals surface area contributed by atoms with Crippen molar-refractivity contribution in [3.05, 3.63) is 23.8 Å². The molecular formula is C15H24N2O3. The van der Waals surface area contributed by atoms with Gasteiger partial charge in [0.15, 0.2) is 0 Å². The fourth-order valence-electron chi connectivity index (χ4n) is 2.21. The lowest BCUT2D eigenvalue weighted by molar-refractivity contribution is -0.119. The van der Waals surface area contributed by atoms with Gasteiger partial charge in [-0.25, -0.2) is 0 Å². The van der Waals surface area contributed by atoms with Crippen molar-refractivity contribution in [1.29, 1.82) is 0 Å². The Balaban J connectivity index is 3.21. The quantitative estimate of drug-likeness (QED) is 0.798. The average molecular weight is 280 g/mol. The molecule has 0 fully saturated rings. The zero-order valence-corrected chi connectivity index (χ0v) is 12.6. The maximum Gasteiger partial charge on any atom is 0.239 e. The van der Waals surface area contributed by atoms with Crippen LogP contribution in [0.1, 0.15) is 31.9 Å². The molecule has 5 heteroatoms. The topological polar surface area (TPSA) is 61.8 Å². The molecule has 1 rings (SSSR count). The molecule has 1 amide bonds. The predicted octanol–water partition coefficient (Wildman–Crippen LogP) is 1.71. The average Bonchev–Trinajstić information content (AvgIpc) is 2.45. The molecule has 0 aromatic heterocycles. The molecule has 0 radical (unpaired) electrons. The molecule has 0 bridgehead atoms. The molecule has 1 aromatic rings. The molecule has 112 valence electrons. The van der Waals surface area contributed by atoms with E-state index in [2.05, 4.69) is 12.2 Å². The second-order valence-electron chi connectivity index (χ2n) is 4.66. The van der Waals surface area contributed by atoms with Gasteiger partial charge in [-0.1, -0.05) is 13.0 Å². The number of hydrogen-bond donors (Lipinski definition) is 2. The van der Waals surface area contributed by atoms with Crippen LogP contribution in [0.25, 0.3) is 0 Å². The number of methoxy groups -OCH3 is 1. The van der Waals surface area contributed by atoms with Crippen LogP contribution in [-0.4, -0.2) is 38.3 Å². The van der Waals surface area contributed by atoms with Crippen LogP contribution in [0.4, 0.5) is 5.69 Å². The molecule has 20 heavy (non-hydrogen) atoms. The van der Waals surface area contributed by atoms with Gasteiger partial charge in [-0.3, -0.25) is 4.79 Å². The first-order valence-corrected chi connectivity index (χ1v) is 6.85. The van der Waals surface area contributed by atoms with Gasteiger partial charge < -0.3 is 20.1 Å². The number of amides is 1. The van der Waals surface area contributed by atoms with E-state index in [1.165, 1.54) is 0 Å². The van der Waals surface area contributed by atoms with Gasteiger partial charge in [-0.05, 0) is 25.5 Å². The Morgan fingerprint density at radius 3 is 2.70 bits per heavy atom. The zero-order valence-electron chi connectivity index (χ0n) is 12.6. The minimum Gasteiger partial charge on any atom is -0.496 e. The monoisotopic (exact) mass is 280 g/mol. The summed E-state index contributed by atoms with van der Waals surface area (Å²) in [5.41, 5.74) is 1.55. The number of aliphatic hydroxyl groups is 1. The Kier molecular flexibility index (Phi) is 6.31. The summed E-state index contributed by atoms with van der Waals surface area (Å²) in [5.74, 6) is 0.577. The van der Waals surface area contributed by atoms with E-state index in [9.17, 15) is 9.90 Å². The minimum atomic E-state index is -0.662. The second kappa shape index (κ2) is 7.75. The summed E-state index contributed by atoms with van der Waals surface area (Å²) in [5, 5.41) is 12.6. The highest BCUT2D eigenvalue weighted by atomic mass is 16.5. The van der Waals surface area contributed by atoms with Crippen molar-refractivity contribution in [2.24, 2.45) is 0 Å². The molecule has 2 N–H and O–H groups in total. The summed E-state index contributed by atoms with van der Waals surface area (Å²) in [6.07, 6.45) is 0.248. The maximum absolute atomic E-state index is 11.7. The number of anilines is 1. The maximum atomic E-state index is 11.7. The van der Waals surface area contributed by atoms with Gasteiger partial charge in [0.2, 0.25) is 5.91 Å². The zero-order chi connectivity index (χ0) is 15.1. The lowest BCUT2D eigenvalue weighted by atomic mass is 10.1. The first-order valence-electron chi connectivity index (χ1n) is 6.85. The van der Waals surface area contributed by atoms with Gasteiger partial charge in [0.1, 0.15) is 5.75 Å². The lowest BCUT2D eigenvalue weighted by Gasteiger charge is -2.28. The van der Waals surface area contributed by atoms with Gasteiger partial charge in [0.05, 0.1) is 19.8 Å². The smallest absolute Gasteiger partial charge is 0.239 e. The number of nitrogens with zero attached hydrogens (tertiary/aromatic N) is 1. The van der Waals surface area contributed by atoms with Gasteiger partial charge in [0.25, 0.3) is 0 Å². The summed E-state index contributed by atoms with van der Waals surface area (Å²) < 4.78 is 5.32. The van der Waals surface area contributed by atoms with Gasteiger partial charge in [-0.15, -0.1) is 0 Å². The second-order valence-corrected chi connectivity index (χ2v) is 4.66. The number of hydrogen-bond acceptors (Lipinski definition) is 4. The number of rotatable bonds is 7. The van der Waals surface area contributed by atoms with Crippen LogP contribution in [0.3, 0.4) is 0 Å².